The van der Waals surface area contributed by atoms with Crippen molar-refractivity contribution < 1.29 is 8.78 Å². The van der Waals surface area contributed by atoms with E-state index in [9.17, 15) is 8.78 Å². The number of hydrogen-bond acceptors (Lipinski definition) is 1. The van der Waals surface area contributed by atoms with Gasteiger partial charge in [-0.25, -0.2) is 8.78 Å². The molecule has 0 amide bonds. The van der Waals surface area contributed by atoms with Crippen molar-refractivity contribution in [3.63, 3.8) is 0 Å². The number of benzene rings is 1. The quantitative estimate of drug-likeness (QED) is 0.713. The fourth-order valence-corrected chi connectivity index (χ4v) is 4.94. The van der Waals surface area contributed by atoms with Gasteiger partial charge in [-0.2, -0.15) is 0 Å². The fourth-order valence-electron chi connectivity index (χ4n) is 4.34. The molecule has 0 aromatic heterocycles. The Morgan fingerprint density at radius 1 is 1.29 bits per heavy atom. The van der Waals surface area contributed by atoms with Crippen LogP contribution in [-0.2, 0) is 0 Å². The third-order valence-corrected chi connectivity index (χ3v) is 6.12. The zero-order valence-corrected chi connectivity index (χ0v) is 13.9. The highest BCUT2D eigenvalue weighted by atomic mass is 79.9. The van der Waals surface area contributed by atoms with Crippen LogP contribution in [0.3, 0.4) is 0 Å². The highest BCUT2D eigenvalue weighted by Gasteiger charge is 2.40. The molecule has 0 radical (unpaired) electrons. The molecular formula is C17H22BrF2N. The predicted octanol–water partition coefficient (Wildman–Crippen LogP) is 5.20. The van der Waals surface area contributed by atoms with Crippen molar-refractivity contribution in [2.45, 2.75) is 45.1 Å². The zero-order valence-electron chi connectivity index (χ0n) is 12.3. The number of fused-ring (bicyclic) bond motifs is 2. The molecule has 2 bridgehead atoms. The Balaban J connectivity index is 1.79. The summed E-state index contributed by atoms with van der Waals surface area (Å²) in [6.45, 7) is 2.89. The SMILES string of the molecule is CCNC(CC1CC2CCC1C2)c1ccc(F)c(F)c1Br. The molecule has 21 heavy (non-hydrogen) atoms. The maximum Gasteiger partial charge on any atom is 0.173 e. The lowest BCUT2D eigenvalue weighted by Crippen LogP contribution is -2.26. The van der Waals surface area contributed by atoms with E-state index in [2.05, 4.69) is 28.2 Å². The molecule has 0 saturated heterocycles. The molecule has 2 aliphatic carbocycles. The Labute approximate surface area is 133 Å². The summed E-state index contributed by atoms with van der Waals surface area (Å²) in [7, 11) is 0. The van der Waals surface area contributed by atoms with Crippen LogP contribution in [0.5, 0.6) is 0 Å². The molecule has 2 fully saturated rings. The average molecular weight is 358 g/mol. The van der Waals surface area contributed by atoms with E-state index in [1.807, 2.05) is 0 Å². The Morgan fingerprint density at radius 2 is 2.10 bits per heavy atom. The summed E-state index contributed by atoms with van der Waals surface area (Å²) in [5, 5.41) is 3.45. The minimum atomic E-state index is -0.791. The molecular weight excluding hydrogens is 336 g/mol. The topological polar surface area (TPSA) is 12.0 Å². The first kappa shape index (κ1) is 15.4. The fraction of sp³-hybridized carbons (Fsp3) is 0.647. The molecule has 2 aliphatic rings. The molecule has 116 valence electrons. The number of nitrogens with one attached hydrogen (secondary N) is 1. The molecule has 2 saturated carbocycles. The lowest BCUT2D eigenvalue weighted by molar-refractivity contribution is 0.280. The van der Waals surface area contributed by atoms with Gasteiger partial charge in [0.15, 0.2) is 11.6 Å². The van der Waals surface area contributed by atoms with Gasteiger partial charge in [0.1, 0.15) is 0 Å². The maximum atomic E-state index is 13.8. The highest BCUT2D eigenvalue weighted by Crippen LogP contribution is 2.51. The van der Waals surface area contributed by atoms with Crippen LogP contribution in [-0.4, -0.2) is 6.54 Å². The van der Waals surface area contributed by atoms with Crippen molar-refractivity contribution in [2.75, 3.05) is 6.54 Å². The van der Waals surface area contributed by atoms with Gasteiger partial charge in [0.2, 0.25) is 0 Å². The highest BCUT2D eigenvalue weighted by molar-refractivity contribution is 9.10. The van der Waals surface area contributed by atoms with Crippen molar-refractivity contribution in [1.82, 2.24) is 5.32 Å². The van der Waals surface area contributed by atoms with Gasteiger partial charge in [-0.1, -0.05) is 19.4 Å². The number of hydrogen-bond donors (Lipinski definition) is 1. The molecule has 3 rings (SSSR count). The van der Waals surface area contributed by atoms with Gasteiger partial charge in [0, 0.05) is 6.04 Å². The lowest BCUT2D eigenvalue weighted by atomic mass is 9.82. The van der Waals surface area contributed by atoms with E-state index < -0.39 is 11.6 Å². The van der Waals surface area contributed by atoms with Crippen molar-refractivity contribution >= 4 is 15.9 Å². The minimum Gasteiger partial charge on any atom is -0.310 e. The summed E-state index contributed by atoms with van der Waals surface area (Å²) >= 11 is 3.24. The second-order valence-corrected chi connectivity index (χ2v) is 7.34. The number of halogens is 3. The average Bonchev–Trinajstić information content (AvgIpc) is 3.07. The van der Waals surface area contributed by atoms with Crippen LogP contribution in [0.25, 0.3) is 0 Å². The minimum absolute atomic E-state index is 0.101. The predicted molar refractivity (Wildman–Crippen MR) is 84.0 cm³/mol. The van der Waals surface area contributed by atoms with Gasteiger partial charge in [0.25, 0.3) is 0 Å². The first-order valence-electron chi connectivity index (χ1n) is 7.96. The van der Waals surface area contributed by atoms with Crippen LogP contribution in [0.4, 0.5) is 8.78 Å². The molecule has 1 aromatic carbocycles. The van der Waals surface area contributed by atoms with E-state index in [-0.39, 0.29) is 10.5 Å². The second kappa shape index (κ2) is 6.33. The molecule has 4 atom stereocenters. The number of rotatable bonds is 5. The third-order valence-electron chi connectivity index (χ3n) is 5.31. The third kappa shape index (κ3) is 3.02. The Kier molecular flexibility index (Phi) is 4.65. The van der Waals surface area contributed by atoms with Gasteiger partial charge in [0.05, 0.1) is 4.47 Å². The van der Waals surface area contributed by atoms with E-state index in [0.717, 1.165) is 36.3 Å². The summed E-state index contributed by atoms with van der Waals surface area (Å²) in [5.74, 6) is 0.924. The van der Waals surface area contributed by atoms with Crippen molar-refractivity contribution in [1.29, 1.82) is 0 Å². The smallest absolute Gasteiger partial charge is 0.173 e. The van der Waals surface area contributed by atoms with Crippen LogP contribution in [0.2, 0.25) is 0 Å². The van der Waals surface area contributed by atoms with E-state index in [4.69, 9.17) is 0 Å². The Morgan fingerprint density at radius 3 is 2.71 bits per heavy atom. The van der Waals surface area contributed by atoms with Crippen LogP contribution < -0.4 is 5.32 Å². The summed E-state index contributed by atoms with van der Waals surface area (Å²) in [6.07, 6.45) is 6.46. The molecule has 4 heteroatoms. The normalized spacial score (nSPS) is 29.0. The van der Waals surface area contributed by atoms with Gasteiger partial charge >= 0.3 is 0 Å². The first-order valence-corrected chi connectivity index (χ1v) is 8.76. The van der Waals surface area contributed by atoms with Gasteiger partial charge in [-0.3, -0.25) is 0 Å². The van der Waals surface area contributed by atoms with Crippen LogP contribution in [0, 0.1) is 29.4 Å². The molecule has 1 aromatic rings. The van der Waals surface area contributed by atoms with Crippen molar-refractivity contribution in [2.24, 2.45) is 17.8 Å². The summed E-state index contributed by atoms with van der Waals surface area (Å²) in [4.78, 5) is 0. The summed E-state index contributed by atoms with van der Waals surface area (Å²) < 4.78 is 27.4. The first-order chi connectivity index (χ1) is 10.1. The van der Waals surface area contributed by atoms with Crippen molar-refractivity contribution in [3.8, 4) is 0 Å². The van der Waals surface area contributed by atoms with Crippen molar-refractivity contribution in [3.05, 3.63) is 33.8 Å². The standard InChI is InChI=1S/C17H22BrF2N/c1-2-21-15(9-12-8-10-3-4-11(12)7-10)13-5-6-14(19)17(20)16(13)18/h5-6,10-12,15,21H,2-4,7-9H2,1H3. The van der Waals surface area contributed by atoms with E-state index in [1.54, 1.807) is 6.07 Å². The monoisotopic (exact) mass is 357 g/mol. The molecule has 4 unspecified atom stereocenters. The largest absolute Gasteiger partial charge is 0.310 e. The zero-order chi connectivity index (χ0) is 15.0. The lowest BCUT2D eigenvalue weighted by Gasteiger charge is -2.28. The molecule has 0 heterocycles. The Hall–Kier alpha value is -0.480. The van der Waals surface area contributed by atoms with E-state index in [1.165, 1.54) is 31.7 Å². The van der Waals surface area contributed by atoms with Gasteiger partial charge in [-0.15, -0.1) is 0 Å². The molecule has 0 aliphatic heterocycles. The van der Waals surface area contributed by atoms with Crippen LogP contribution >= 0.6 is 15.9 Å². The van der Waals surface area contributed by atoms with E-state index >= 15 is 0 Å². The van der Waals surface area contributed by atoms with Gasteiger partial charge in [-0.05, 0) is 77.5 Å². The summed E-state index contributed by atoms with van der Waals surface area (Å²) in [6, 6.07) is 3.05. The molecule has 1 N–H and O–H groups in total. The molecule has 1 nitrogen and oxygen atoms in total. The van der Waals surface area contributed by atoms with Gasteiger partial charge < -0.3 is 5.32 Å². The molecule has 0 spiro atoms. The van der Waals surface area contributed by atoms with E-state index in [0.29, 0.717) is 0 Å². The maximum absolute atomic E-state index is 13.8. The Bertz CT molecular complexity index is 520. The summed E-state index contributed by atoms with van der Waals surface area (Å²) in [5.41, 5.74) is 0.846. The van der Waals surface area contributed by atoms with Crippen LogP contribution in [0.1, 0.15) is 50.6 Å². The van der Waals surface area contributed by atoms with Crippen LogP contribution in [0.15, 0.2) is 16.6 Å². The second-order valence-electron chi connectivity index (χ2n) is 6.55.